The smallest absolute Gasteiger partial charge is 0.407 e. The Morgan fingerprint density at radius 2 is 1.95 bits per heavy atom. The minimum atomic E-state index is -0.993. The Morgan fingerprint density at radius 3 is 2.68 bits per heavy atom. The van der Waals surface area contributed by atoms with Crippen molar-refractivity contribution in [3.63, 3.8) is 0 Å². The van der Waals surface area contributed by atoms with Gasteiger partial charge in [-0.15, -0.1) is 0 Å². The van der Waals surface area contributed by atoms with Crippen molar-refractivity contribution < 1.29 is 23.4 Å². The number of carboxylic acid groups (broad SMARTS) is 1. The number of ether oxygens (including phenoxy) is 1. The van der Waals surface area contributed by atoms with Crippen LogP contribution in [0.3, 0.4) is 0 Å². The predicted octanol–water partition coefficient (Wildman–Crippen LogP) is 2.42. The van der Waals surface area contributed by atoms with Gasteiger partial charge >= 0.3 is 6.09 Å². The first kappa shape index (κ1) is 26.0. The van der Waals surface area contributed by atoms with Crippen molar-refractivity contribution in [2.45, 2.75) is 18.9 Å². The second kappa shape index (κ2) is 11.0. The number of pyridine rings is 1. The van der Waals surface area contributed by atoms with E-state index in [-0.39, 0.29) is 30.0 Å². The number of likely N-dealkylation sites (N-methyl/N-ethyl adjacent to an activating group) is 1. The van der Waals surface area contributed by atoms with Crippen molar-refractivity contribution >= 4 is 23.4 Å². The average Bonchev–Trinajstić information content (AvgIpc) is 3.33. The van der Waals surface area contributed by atoms with Gasteiger partial charge in [-0.2, -0.15) is 4.39 Å². The molecule has 38 heavy (non-hydrogen) atoms. The van der Waals surface area contributed by atoms with Crippen molar-refractivity contribution in [1.29, 1.82) is 0 Å². The summed E-state index contributed by atoms with van der Waals surface area (Å²) in [7, 11) is 3.85. The van der Waals surface area contributed by atoms with Gasteiger partial charge in [0.05, 0.1) is 19.4 Å². The second-order valence-corrected chi connectivity index (χ2v) is 9.85. The number of morpholine rings is 1. The Hall–Kier alpha value is -3.58. The van der Waals surface area contributed by atoms with Crippen molar-refractivity contribution in [1.82, 2.24) is 29.2 Å². The summed E-state index contributed by atoms with van der Waals surface area (Å²) in [6.45, 7) is 3.53. The highest BCUT2D eigenvalue weighted by atomic mass is 19.1. The van der Waals surface area contributed by atoms with Gasteiger partial charge in [-0.1, -0.05) is 0 Å². The fourth-order valence-corrected chi connectivity index (χ4v) is 4.99. The largest absolute Gasteiger partial charge is 0.465 e. The number of hydrogen-bond donors (Lipinski definition) is 1. The summed E-state index contributed by atoms with van der Waals surface area (Å²) in [5.41, 5.74) is 0.941. The number of hydrogen-bond acceptors (Lipinski definition) is 8. The summed E-state index contributed by atoms with van der Waals surface area (Å²) in [6, 6.07) is 2.61. The van der Waals surface area contributed by atoms with Crippen LogP contribution >= 0.6 is 0 Å². The van der Waals surface area contributed by atoms with Crippen molar-refractivity contribution in [3.05, 3.63) is 36.2 Å². The quantitative estimate of drug-likeness (QED) is 0.493. The molecule has 0 spiro atoms. The highest BCUT2D eigenvalue weighted by Crippen LogP contribution is 2.32. The molecule has 3 aromatic heterocycles. The highest BCUT2D eigenvalue weighted by Gasteiger charge is 2.33. The molecular weight excluding hydrogens is 498 g/mol. The van der Waals surface area contributed by atoms with Crippen LogP contribution in [-0.4, -0.2) is 113 Å². The summed E-state index contributed by atoms with van der Waals surface area (Å²) in [5, 5.41) is 9.63. The van der Waals surface area contributed by atoms with E-state index in [0.717, 1.165) is 0 Å². The third-order valence-corrected chi connectivity index (χ3v) is 6.99. The fraction of sp³-hybridized carbons (Fsp3) is 0.520. The normalized spacial score (nSPS) is 18.4. The topological polar surface area (TPSA) is 103 Å². The maximum atomic E-state index is 16.4. The first-order chi connectivity index (χ1) is 18.3. The van der Waals surface area contributed by atoms with Gasteiger partial charge in [0, 0.05) is 51.5 Å². The molecule has 11 nitrogen and oxygen atoms in total. The zero-order valence-corrected chi connectivity index (χ0v) is 21.6. The van der Waals surface area contributed by atoms with Crippen molar-refractivity contribution in [3.8, 4) is 11.5 Å². The number of anilines is 2. The second-order valence-electron chi connectivity index (χ2n) is 9.85. The molecule has 0 radical (unpaired) electrons. The number of imidazole rings is 1. The van der Waals surface area contributed by atoms with Crippen LogP contribution in [-0.2, 0) is 4.74 Å². The maximum absolute atomic E-state index is 16.4. The van der Waals surface area contributed by atoms with Gasteiger partial charge in [0.25, 0.3) is 0 Å². The summed E-state index contributed by atoms with van der Waals surface area (Å²) in [5.74, 6) is -0.568. The van der Waals surface area contributed by atoms with Crippen LogP contribution in [0, 0.1) is 11.6 Å². The molecule has 1 N–H and O–H groups in total. The highest BCUT2D eigenvalue weighted by molar-refractivity contribution is 5.66. The van der Waals surface area contributed by atoms with Crippen LogP contribution in [0.5, 0.6) is 0 Å². The fourth-order valence-electron chi connectivity index (χ4n) is 4.99. The first-order valence-corrected chi connectivity index (χ1v) is 12.7. The summed E-state index contributed by atoms with van der Waals surface area (Å²) in [6.07, 6.45) is 3.22. The van der Waals surface area contributed by atoms with Crippen LogP contribution in [0.25, 0.3) is 17.2 Å². The Kier molecular flexibility index (Phi) is 7.56. The molecule has 5 heterocycles. The monoisotopic (exact) mass is 530 g/mol. The lowest BCUT2D eigenvalue weighted by Gasteiger charge is -2.40. The number of halogens is 2. The summed E-state index contributed by atoms with van der Waals surface area (Å²) < 4.78 is 37.5. The van der Waals surface area contributed by atoms with E-state index in [1.807, 2.05) is 28.8 Å². The van der Waals surface area contributed by atoms with E-state index in [1.165, 1.54) is 17.2 Å². The molecule has 204 valence electrons. The van der Waals surface area contributed by atoms with Crippen molar-refractivity contribution in [2.75, 3.05) is 76.4 Å². The lowest BCUT2D eigenvalue weighted by molar-refractivity contribution is 0.122. The number of amides is 1. The number of carbonyl (C=O) groups is 1. The van der Waals surface area contributed by atoms with Gasteiger partial charge in [0.2, 0.25) is 5.82 Å². The molecule has 2 fully saturated rings. The van der Waals surface area contributed by atoms with E-state index >= 15 is 4.39 Å². The summed E-state index contributed by atoms with van der Waals surface area (Å²) >= 11 is 0. The number of likely N-dealkylation sites (tertiary alicyclic amines) is 1. The van der Waals surface area contributed by atoms with Gasteiger partial charge in [0.1, 0.15) is 17.2 Å². The lowest BCUT2D eigenvalue weighted by atomic mass is 10.0. The van der Waals surface area contributed by atoms with Crippen molar-refractivity contribution in [2.24, 2.45) is 0 Å². The molecule has 2 aliphatic heterocycles. The van der Waals surface area contributed by atoms with Crippen LogP contribution < -0.4 is 9.80 Å². The Balaban J connectivity index is 1.64. The molecule has 5 rings (SSSR count). The molecule has 0 saturated carbocycles. The number of piperidine rings is 1. The molecule has 2 aliphatic rings. The maximum Gasteiger partial charge on any atom is 0.407 e. The number of rotatable bonds is 7. The summed E-state index contributed by atoms with van der Waals surface area (Å²) in [4.78, 5) is 32.4. The SMILES string of the molecule is CN(C)CCN(c1nc(-c2cnc3ccc(F)cn23)nc(N2CCOCC2)c1F)C1CCCN(C(=O)O)C1. The first-order valence-electron chi connectivity index (χ1n) is 12.7. The molecule has 1 amide bonds. The predicted molar refractivity (Wildman–Crippen MR) is 138 cm³/mol. The van der Waals surface area contributed by atoms with Gasteiger partial charge in [0.15, 0.2) is 17.5 Å². The van der Waals surface area contributed by atoms with Crippen LogP contribution in [0.1, 0.15) is 12.8 Å². The Morgan fingerprint density at radius 1 is 1.16 bits per heavy atom. The molecule has 0 aliphatic carbocycles. The third kappa shape index (κ3) is 5.34. The Labute approximate surface area is 219 Å². The minimum absolute atomic E-state index is 0.0990. The zero-order valence-electron chi connectivity index (χ0n) is 21.6. The van der Waals surface area contributed by atoms with Gasteiger partial charge in [-0.25, -0.2) is 24.1 Å². The molecule has 3 aromatic rings. The average molecular weight is 531 g/mol. The molecule has 1 unspecified atom stereocenters. The molecule has 0 bridgehead atoms. The van der Waals surface area contributed by atoms with E-state index in [9.17, 15) is 14.3 Å². The van der Waals surface area contributed by atoms with E-state index in [2.05, 4.69) is 15.0 Å². The van der Waals surface area contributed by atoms with E-state index in [1.54, 1.807) is 16.7 Å². The van der Waals surface area contributed by atoms with Gasteiger partial charge < -0.3 is 29.4 Å². The minimum Gasteiger partial charge on any atom is -0.465 e. The molecule has 2 saturated heterocycles. The molecular formula is C25H32F2N8O3. The number of aromatic nitrogens is 4. The van der Waals surface area contributed by atoms with Gasteiger partial charge in [-0.3, -0.25) is 4.40 Å². The van der Waals surface area contributed by atoms with Gasteiger partial charge in [-0.05, 0) is 39.1 Å². The van der Waals surface area contributed by atoms with E-state index in [4.69, 9.17) is 4.74 Å². The zero-order chi connectivity index (χ0) is 26.8. The molecule has 0 aromatic carbocycles. The standard InChI is InChI=1S/C25H32F2N8O3/c1-31(2)8-9-34(18-4-3-7-33(16-18)25(36)37)24-21(27)23(32-10-12-38-13-11-32)29-22(30-24)19-14-28-20-6-5-17(26)15-35(19)20/h5-6,14-15,18H,3-4,7-13,16H2,1-2H3,(H,36,37). The van der Waals surface area contributed by atoms with Crippen LogP contribution in [0.4, 0.5) is 25.2 Å². The number of nitrogens with zero attached hydrogens (tertiary/aromatic N) is 8. The number of fused-ring (bicyclic) bond motifs is 1. The lowest BCUT2D eigenvalue weighted by Crippen LogP contribution is -2.51. The Bertz CT molecular complexity index is 1300. The molecule has 1 atom stereocenters. The van der Waals surface area contributed by atoms with Crippen LogP contribution in [0.2, 0.25) is 0 Å². The van der Waals surface area contributed by atoms with Crippen LogP contribution in [0.15, 0.2) is 24.5 Å². The third-order valence-electron chi connectivity index (χ3n) is 6.99. The van der Waals surface area contributed by atoms with E-state index < -0.39 is 17.7 Å². The van der Waals surface area contributed by atoms with E-state index in [0.29, 0.717) is 70.1 Å². The molecule has 13 heteroatoms.